The van der Waals surface area contributed by atoms with Crippen molar-refractivity contribution in [2.75, 3.05) is 12.4 Å². The SMILES string of the molecule is CCC(=O)Nc1cc(-c2nc3ccccc3[nH]2)ccc1OC. The first-order valence-corrected chi connectivity index (χ1v) is 7.14. The molecule has 1 amide bonds. The first-order chi connectivity index (χ1) is 10.7. The molecular weight excluding hydrogens is 278 g/mol. The number of hydrogen-bond acceptors (Lipinski definition) is 3. The predicted octanol–water partition coefficient (Wildman–Crippen LogP) is 3.59. The number of hydrogen-bond donors (Lipinski definition) is 2. The third kappa shape index (κ3) is 2.65. The zero-order valence-electron chi connectivity index (χ0n) is 12.5. The molecule has 5 nitrogen and oxygen atoms in total. The molecule has 2 aromatic carbocycles. The molecule has 0 aliphatic carbocycles. The molecule has 5 heteroatoms. The molecule has 112 valence electrons. The lowest BCUT2D eigenvalue weighted by Crippen LogP contribution is -2.10. The van der Waals surface area contributed by atoms with Crippen LogP contribution in [0.15, 0.2) is 42.5 Å². The second-order valence-electron chi connectivity index (χ2n) is 4.92. The minimum Gasteiger partial charge on any atom is -0.495 e. The second kappa shape index (κ2) is 5.89. The summed E-state index contributed by atoms with van der Waals surface area (Å²) in [5, 5.41) is 2.85. The van der Waals surface area contributed by atoms with Gasteiger partial charge in [0.1, 0.15) is 11.6 Å². The normalized spacial score (nSPS) is 10.6. The van der Waals surface area contributed by atoms with Gasteiger partial charge in [0.05, 0.1) is 23.8 Å². The summed E-state index contributed by atoms with van der Waals surface area (Å²) >= 11 is 0. The molecule has 1 heterocycles. The molecule has 1 aromatic heterocycles. The van der Waals surface area contributed by atoms with Gasteiger partial charge in [0, 0.05) is 12.0 Å². The van der Waals surface area contributed by atoms with Gasteiger partial charge in [-0.3, -0.25) is 4.79 Å². The minimum absolute atomic E-state index is 0.0555. The van der Waals surface area contributed by atoms with Crippen LogP contribution in [0, 0.1) is 0 Å². The van der Waals surface area contributed by atoms with E-state index in [0.717, 1.165) is 22.4 Å². The number of benzene rings is 2. The number of fused-ring (bicyclic) bond motifs is 1. The van der Waals surface area contributed by atoms with Crippen molar-refractivity contribution >= 4 is 22.6 Å². The van der Waals surface area contributed by atoms with Gasteiger partial charge in [0.25, 0.3) is 0 Å². The summed E-state index contributed by atoms with van der Waals surface area (Å²) in [7, 11) is 1.58. The Labute approximate surface area is 128 Å². The van der Waals surface area contributed by atoms with E-state index in [1.807, 2.05) is 49.4 Å². The average Bonchev–Trinajstić information content (AvgIpc) is 2.98. The van der Waals surface area contributed by atoms with Gasteiger partial charge >= 0.3 is 0 Å². The number of carbonyl (C=O) groups is 1. The molecular formula is C17H17N3O2. The number of nitrogens with one attached hydrogen (secondary N) is 2. The predicted molar refractivity (Wildman–Crippen MR) is 87.0 cm³/mol. The average molecular weight is 295 g/mol. The van der Waals surface area contributed by atoms with E-state index < -0.39 is 0 Å². The van der Waals surface area contributed by atoms with E-state index >= 15 is 0 Å². The maximum atomic E-state index is 11.6. The Morgan fingerprint density at radius 2 is 2.09 bits per heavy atom. The molecule has 0 bridgehead atoms. The highest BCUT2D eigenvalue weighted by atomic mass is 16.5. The topological polar surface area (TPSA) is 67.0 Å². The highest BCUT2D eigenvalue weighted by Gasteiger charge is 2.11. The van der Waals surface area contributed by atoms with E-state index in [1.165, 1.54) is 0 Å². The number of methoxy groups -OCH3 is 1. The van der Waals surface area contributed by atoms with Crippen LogP contribution >= 0.6 is 0 Å². The number of carbonyl (C=O) groups excluding carboxylic acids is 1. The maximum absolute atomic E-state index is 11.6. The van der Waals surface area contributed by atoms with Gasteiger partial charge < -0.3 is 15.0 Å². The lowest BCUT2D eigenvalue weighted by molar-refractivity contribution is -0.115. The van der Waals surface area contributed by atoms with Gasteiger partial charge in [0.15, 0.2) is 0 Å². The van der Waals surface area contributed by atoms with Gasteiger partial charge in [-0.15, -0.1) is 0 Å². The molecule has 0 fully saturated rings. The van der Waals surface area contributed by atoms with Gasteiger partial charge in [-0.25, -0.2) is 4.98 Å². The fourth-order valence-corrected chi connectivity index (χ4v) is 2.28. The van der Waals surface area contributed by atoms with E-state index in [0.29, 0.717) is 17.9 Å². The van der Waals surface area contributed by atoms with Crippen molar-refractivity contribution in [3.8, 4) is 17.1 Å². The summed E-state index contributed by atoms with van der Waals surface area (Å²) in [6.07, 6.45) is 0.415. The van der Waals surface area contributed by atoms with Gasteiger partial charge in [-0.05, 0) is 30.3 Å². The first kappa shape index (κ1) is 14.1. The molecule has 0 radical (unpaired) electrons. The minimum atomic E-state index is -0.0555. The monoisotopic (exact) mass is 295 g/mol. The molecule has 0 atom stereocenters. The Bertz CT molecular complexity index is 791. The number of amides is 1. The van der Waals surface area contributed by atoms with E-state index in [4.69, 9.17) is 4.74 Å². The largest absolute Gasteiger partial charge is 0.495 e. The zero-order chi connectivity index (χ0) is 15.5. The van der Waals surface area contributed by atoms with Crippen molar-refractivity contribution in [2.24, 2.45) is 0 Å². The molecule has 3 aromatic rings. The van der Waals surface area contributed by atoms with Crippen LogP contribution in [0.5, 0.6) is 5.75 Å². The first-order valence-electron chi connectivity index (χ1n) is 7.14. The van der Waals surface area contributed by atoms with E-state index in [2.05, 4.69) is 15.3 Å². The van der Waals surface area contributed by atoms with Gasteiger partial charge in [-0.2, -0.15) is 0 Å². The highest BCUT2D eigenvalue weighted by Crippen LogP contribution is 2.30. The number of para-hydroxylation sites is 2. The third-order valence-corrected chi connectivity index (χ3v) is 3.46. The molecule has 0 saturated heterocycles. The Morgan fingerprint density at radius 3 is 2.82 bits per heavy atom. The maximum Gasteiger partial charge on any atom is 0.224 e. The van der Waals surface area contributed by atoms with Gasteiger partial charge in [0.2, 0.25) is 5.91 Å². The lowest BCUT2D eigenvalue weighted by atomic mass is 10.1. The summed E-state index contributed by atoms with van der Waals surface area (Å²) in [4.78, 5) is 19.5. The summed E-state index contributed by atoms with van der Waals surface area (Å²) in [6, 6.07) is 13.5. The molecule has 0 saturated carbocycles. The van der Waals surface area contributed by atoms with Crippen molar-refractivity contribution < 1.29 is 9.53 Å². The number of ether oxygens (including phenoxy) is 1. The van der Waals surface area contributed by atoms with Crippen molar-refractivity contribution in [1.29, 1.82) is 0 Å². The summed E-state index contributed by atoms with van der Waals surface area (Å²) in [6.45, 7) is 1.81. The van der Waals surface area contributed by atoms with Crippen molar-refractivity contribution in [3.05, 3.63) is 42.5 Å². The molecule has 0 unspecified atom stereocenters. The number of imidazole rings is 1. The summed E-state index contributed by atoms with van der Waals surface area (Å²) in [5.74, 6) is 1.33. The van der Waals surface area contributed by atoms with Crippen molar-refractivity contribution in [3.63, 3.8) is 0 Å². The molecule has 0 spiro atoms. The van der Waals surface area contributed by atoms with Crippen LogP contribution in [0.2, 0.25) is 0 Å². The number of H-pyrrole nitrogens is 1. The van der Waals surface area contributed by atoms with Crippen molar-refractivity contribution in [2.45, 2.75) is 13.3 Å². The van der Waals surface area contributed by atoms with Crippen LogP contribution in [-0.4, -0.2) is 23.0 Å². The Morgan fingerprint density at radius 1 is 1.27 bits per heavy atom. The van der Waals surface area contributed by atoms with E-state index in [-0.39, 0.29) is 5.91 Å². The van der Waals surface area contributed by atoms with Crippen LogP contribution in [-0.2, 0) is 4.79 Å². The quantitative estimate of drug-likeness (QED) is 0.773. The second-order valence-corrected chi connectivity index (χ2v) is 4.92. The molecule has 0 aliphatic rings. The van der Waals surface area contributed by atoms with E-state index in [9.17, 15) is 4.79 Å². The van der Waals surface area contributed by atoms with Crippen LogP contribution in [0.1, 0.15) is 13.3 Å². The third-order valence-electron chi connectivity index (χ3n) is 3.46. The Hall–Kier alpha value is -2.82. The number of aromatic nitrogens is 2. The molecule has 22 heavy (non-hydrogen) atoms. The Balaban J connectivity index is 2.03. The molecule has 0 aliphatic heterocycles. The lowest BCUT2D eigenvalue weighted by Gasteiger charge is -2.10. The smallest absolute Gasteiger partial charge is 0.224 e. The number of aromatic amines is 1. The van der Waals surface area contributed by atoms with Crippen LogP contribution in [0.3, 0.4) is 0 Å². The summed E-state index contributed by atoms with van der Waals surface area (Å²) in [5.41, 5.74) is 3.43. The Kier molecular flexibility index (Phi) is 3.78. The zero-order valence-corrected chi connectivity index (χ0v) is 12.5. The van der Waals surface area contributed by atoms with Crippen LogP contribution in [0.25, 0.3) is 22.4 Å². The number of anilines is 1. The summed E-state index contributed by atoms with van der Waals surface area (Å²) < 4.78 is 5.30. The fraction of sp³-hybridized carbons (Fsp3) is 0.176. The standard InChI is InChI=1S/C17H17N3O2/c1-3-16(21)18-14-10-11(8-9-15(14)22-2)17-19-12-6-4-5-7-13(12)20-17/h4-10H,3H2,1-2H3,(H,18,21)(H,19,20). The number of nitrogens with zero attached hydrogens (tertiary/aromatic N) is 1. The highest BCUT2D eigenvalue weighted by molar-refractivity contribution is 5.93. The van der Waals surface area contributed by atoms with Gasteiger partial charge in [-0.1, -0.05) is 19.1 Å². The van der Waals surface area contributed by atoms with Crippen LogP contribution in [0.4, 0.5) is 5.69 Å². The molecule has 3 rings (SSSR count). The van der Waals surface area contributed by atoms with E-state index in [1.54, 1.807) is 7.11 Å². The number of rotatable bonds is 4. The van der Waals surface area contributed by atoms with Crippen molar-refractivity contribution in [1.82, 2.24) is 9.97 Å². The molecule has 2 N–H and O–H groups in total. The fourth-order valence-electron chi connectivity index (χ4n) is 2.28. The van der Waals surface area contributed by atoms with Crippen LogP contribution < -0.4 is 10.1 Å².